The van der Waals surface area contributed by atoms with Crippen molar-refractivity contribution >= 4 is 73.2 Å². The Morgan fingerprint density at radius 1 is 0.938 bits per heavy atom. The van der Waals surface area contributed by atoms with Crippen LogP contribution in [0.2, 0.25) is 0 Å². The molecule has 2 atom stereocenters. The lowest BCUT2D eigenvalue weighted by Gasteiger charge is -2.15. The van der Waals surface area contributed by atoms with E-state index in [2.05, 4.69) is 56.6 Å². The Bertz CT molecular complexity index is 143. The lowest BCUT2D eigenvalue weighted by molar-refractivity contribution is 1.11. The lowest BCUT2D eigenvalue weighted by Crippen LogP contribution is -2.12. The fourth-order valence-corrected chi connectivity index (χ4v) is 5.54. The maximum absolute atomic E-state index is 4.40. The number of thioether (sulfide) groups is 3. The molecule has 0 rings (SSSR count). The molecule has 0 heterocycles. The summed E-state index contributed by atoms with van der Waals surface area (Å²) >= 11 is 18.9. The predicted octanol–water partition coefficient (Wildman–Crippen LogP) is 3.73. The number of thiol groups is 3. The van der Waals surface area contributed by atoms with Crippen molar-refractivity contribution in [1.29, 1.82) is 0 Å². The SMILES string of the molecule is CC(CSCC(CS)SCCS)SCCS. The van der Waals surface area contributed by atoms with Crippen LogP contribution in [0.5, 0.6) is 0 Å². The first-order chi connectivity index (χ1) is 7.74. The highest BCUT2D eigenvalue weighted by Crippen LogP contribution is 2.21. The van der Waals surface area contributed by atoms with E-state index in [-0.39, 0.29) is 0 Å². The molecule has 0 aromatic carbocycles. The van der Waals surface area contributed by atoms with Crippen LogP contribution < -0.4 is 0 Å². The third-order valence-electron chi connectivity index (χ3n) is 1.80. The average Bonchev–Trinajstić information content (AvgIpc) is 2.30. The first-order valence-corrected chi connectivity index (χ1v) is 10.5. The molecule has 0 aromatic rings. The first kappa shape index (κ1) is 18.1. The minimum atomic E-state index is 0.683. The van der Waals surface area contributed by atoms with Gasteiger partial charge in [0.1, 0.15) is 0 Å². The van der Waals surface area contributed by atoms with E-state index in [9.17, 15) is 0 Å². The Hall–Kier alpha value is 2.10. The Balaban J connectivity index is 3.45. The van der Waals surface area contributed by atoms with Crippen molar-refractivity contribution in [2.24, 2.45) is 0 Å². The van der Waals surface area contributed by atoms with Gasteiger partial charge in [0.2, 0.25) is 0 Å². The van der Waals surface area contributed by atoms with Crippen molar-refractivity contribution in [3.8, 4) is 0 Å². The Morgan fingerprint density at radius 3 is 2.12 bits per heavy atom. The van der Waals surface area contributed by atoms with Gasteiger partial charge in [-0.15, -0.1) is 0 Å². The van der Waals surface area contributed by atoms with E-state index < -0.39 is 0 Å². The second kappa shape index (κ2) is 13.5. The summed E-state index contributed by atoms with van der Waals surface area (Å²) in [5.74, 6) is 7.68. The summed E-state index contributed by atoms with van der Waals surface area (Å²) in [5.41, 5.74) is 0. The van der Waals surface area contributed by atoms with Crippen molar-refractivity contribution in [2.75, 3.05) is 40.3 Å². The van der Waals surface area contributed by atoms with Gasteiger partial charge in [-0.05, 0) is 11.5 Å². The molecule has 0 fully saturated rings. The topological polar surface area (TPSA) is 0 Å². The van der Waals surface area contributed by atoms with Crippen LogP contribution in [0.25, 0.3) is 0 Å². The monoisotopic (exact) mass is 334 g/mol. The van der Waals surface area contributed by atoms with Crippen LogP contribution in [0.1, 0.15) is 6.92 Å². The first-order valence-electron chi connectivity index (χ1n) is 5.38. The summed E-state index contributed by atoms with van der Waals surface area (Å²) in [4.78, 5) is 0. The van der Waals surface area contributed by atoms with E-state index >= 15 is 0 Å². The normalized spacial score (nSPS) is 15.0. The molecular formula is C10H22S6. The van der Waals surface area contributed by atoms with E-state index in [0.717, 1.165) is 34.0 Å². The minimum absolute atomic E-state index is 0.683. The molecule has 16 heavy (non-hydrogen) atoms. The molecule has 0 aliphatic heterocycles. The lowest BCUT2D eigenvalue weighted by atomic mass is 10.5. The minimum Gasteiger partial charge on any atom is -0.179 e. The second-order valence-corrected chi connectivity index (χ2v) is 8.63. The van der Waals surface area contributed by atoms with Gasteiger partial charge in [-0.3, -0.25) is 0 Å². The van der Waals surface area contributed by atoms with Gasteiger partial charge in [0, 0.05) is 39.3 Å². The fraction of sp³-hybridized carbons (Fsp3) is 1.00. The third-order valence-corrected chi connectivity index (χ3v) is 7.75. The highest BCUT2D eigenvalue weighted by molar-refractivity contribution is 8.05. The van der Waals surface area contributed by atoms with Crippen molar-refractivity contribution < 1.29 is 0 Å². The molecule has 0 nitrogen and oxygen atoms in total. The molecule has 0 spiro atoms. The van der Waals surface area contributed by atoms with Crippen molar-refractivity contribution in [2.45, 2.75) is 17.4 Å². The maximum Gasteiger partial charge on any atom is 0.0226 e. The molecule has 0 saturated heterocycles. The van der Waals surface area contributed by atoms with Crippen LogP contribution in [0.3, 0.4) is 0 Å². The van der Waals surface area contributed by atoms with Crippen molar-refractivity contribution in [3.05, 3.63) is 0 Å². The van der Waals surface area contributed by atoms with Gasteiger partial charge in [-0.25, -0.2) is 0 Å². The molecule has 0 aliphatic rings. The number of hydrogen-bond acceptors (Lipinski definition) is 6. The largest absolute Gasteiger partial charge is 0.179 e. The van der Waals surface area contributed by atoms with Crippen LogP contribution in [0, 0.1) is 0 Å². The molecule has 98 valence electrons. The molecule has 0 N–H and O–H groups in total. The molecule has 0 saturated carbocycles. The second-order valence-electron chi connectivity index (χ2n) is 3.34. The van der Waals surface area contributed by atoms with Crippen LogP contribution in [0.15, 0.2) is 0 Å². The van der Waals surface area contributed by atoms with E-state index in [1.54, 1.807) is 0 Å². The average molecular weight is 335 g/mol. The highest BCUT2D eigenvalue weighted by atomic mass is 32.2. The molecule has 6 heteroatoms. The van der Waals surface area contributed by atoms with Gasteiger partial charge in [0.25, 0.3) is 0 Å². The van der Waals surface area contributed by atoms with E-state index in [1.807, 2.05) is 23.5 Å². The predicted molar refractivity (Wildman–Crippen MR) is 97.1 cm³/mol. The van der Waals surface area contributed by atoms with Crippen LogP contribution in [-0.4, -0.2) is 50.8 Å². The molecule has 0 aliphatic carbocycles. The molecule has 0 bridgehead atoms. The van der Waals surface area contributed by atoms with Gasteiger partial charge >= 0.3 is 0 Å². The number of rotatable bonds is 11. The zero-order chi connectivity index (χ0) is 12.2. The highest BCUT2D eigenvalue weighted by Gasteiger charge is 2.08. The zero-order valence-corrected chi connectivity index (χ0v) is 14.8. The van der Waals surface area contributed by atoms with Crippen LogP contribution in [-0.2, 0) is 0 Å². The van der Waals surface area contributed by atoms with E-state index in [0.29, 0.717) is 5.25 Å². The van der Waals surface area contributed by atoms with Gasteiger partial charge < -0.3 is 0 Å². The van der Waals surface area contributed by atoms with Crippen molar-refractivity contribution in [3.63, 3.8) is 0 Å². The van der Waals surface area contributed by atoms with Gasteiger partial charge in [-0.2, -0.15) is 73.2 Å². The Labute approximate surface area is 130 Å². The van der Waals surface area contributed by atoms with E-state index in [4.69, 9.17) is 0 Å². The third kappa shape index (κ3) is 11.2. The van der Waals surface area contributed by atoms with Crippen LogP contribution in [0.4, 0.5) is 0 Å². The number of hydrogen-bond donors (Lipinski definition) is 3. The van der Waals surface area contributed by atoms with Crippen LogP contribution >= 0.6 is 73.2 Å². The summed E-state index contributed by atoms with van der Waals surface area (Å²) in [6, 6.07) is 0. The fourth-order valence-electron chi connectivity index (χ4n) is 1.04. The molecule has 0 radical (unpaired) electrons. The van der Waals surface area contributed by atoms with Gasteiger partial charge in [0.15, 0.2) is 0 Å². The quantitative estimate of drug-likeness (QED) is 0.493. The summed E-state index contributed by atoms with van der Waals surface area (Å²) in [7, 11) is 0. The van der Waals surface area contributed by atoms with Gasteiger partial charge in [-0.1, -0.05) is 6.92 Å². The van der Waals surface area contributed by atoms with E-state index in [1.165, 1.54) is 11.5 Å². The smallest absolute Gasteiger partial charge is 0.0226 e. The molecular weight excluding hydrogens is 313 g/mol. The standard InChI is InChI=1S/C10H22S6/c1-9(15-4-2-11)7-14-8-10(6-13)16-5-3-12/h9-13H,2-8H2,1H3. The molecule has 2 unspecified atom stereocenters. The summed E-state index contributed by atoms with van der Waals surface area (Å²) in [5, 5.41) is 1.43. The van der Waals surface area contributed by atoms with Gasteiger partial charge in [0.05, 0.1) is 0 Å². The maximum atomic E-state index is 4.40. The zero-order valence-electron chi connectivity index (χ0n) is 9.67. The molecule has 0 amide bonds. The molecule has 0 aromatic heterocycles. The summed E-state index contributed by atoms with van der Waals surface area (Å²) < 4.78 is 0. The van der Waals surface area contributed by atoms with Crippen molar-refractivity contribution in [1.82, 2.24) is 0 Å². The Morgan fingerprint density at radius 2 is 1.56 bits per heavy atom. The summed E-state index contributed by atoms with van der Waals surface area (Å²) in [6.45, 7) is 2.30. The Kier molecular flexibility index (Phi) is 15.3. The summed E-state index contributed by atoms with van der Waals surface area (Å²) in [6.07, 6.45) is 0.